The Labute approximate surface area is 356 Å². The molecule has 3 aliphatic rings. The zero-order valence-corrected chi connectivity index (χ0v) is 34.7. The fourth-order valence-corrected chi connectivity index (χ4v) is 7.09. The van der Waals surface area contributed by atoms with Gasteiger partial charge in [-0.3, -0.25) is 0 Å². The van der Waals surface area contributed by atoms with Crippen molar-refractivity contribution in [3.63, 3.8) is 0 Å². The topological polar surface area (TPSA) is 251 Å². The maximum absolute atomic E-state index is 13.3. The molecular weight excluding hydrogens is 796 g/mol. The van der Waals surface area contributed by atoms with E-state index >= 15 is 0 Å². The third-order valence-corrected chi connectivity index (χ3v) is 10.3. The second-order valence-corrected chi connectivity index (χ2v) is 15.1. The van der Waals surface area contributed by atoms with Crippen LogP contribution in [0.25, 0.3) is 0 Å². The van der Waals surface area contributed by atoms with Crippen molar-refractivity contribution in [2.75, 3.05) is 13.2 Å². The Balaban J connectivity index is 1.50. The highest BCUT2D eigenvalue weighted by Crippen LogP contribution is 2.51. The van der Waals surface area contributed by atoms with Crippen LogP contribution in [0, 0.1) is 0 Å². The molecule has 0 aromatic heterocycles. The van der Waals surface area contributed by atoms with Gasteiger partial charge in [0.2, 0.25) is 5.79 Å². The fourth-order valence-electron chi connectivity index (χ4n) is 7.09. The van der Waals surface area contributed by atoms with Crippen LogP contribution in [0.3, 0.4) is 0 Å². The Bertz CT molecular complexity index is 1720. The van der Waals surface area contributed by atoms with Crippen LogP contribution in [0.15, 0.2) is 85.0 Å². The van der Waals surface area contributed by atoms with Gasteiger partial charge >= 0.3 is 11.9 Å². The lowest BCUT2D eigenvalue weighted by molar-refractivity contribution is -0.395. The number of unbranched alkanes of at least 4 members (excludes halogenated alkanes) is 6. The molecule has 3 aliphatic heterocycles. The van der Waals surface area contributed by atoms with Gasteiger partial charge in [-0.1, -0.05) is 100 Å². The van der Waals surface area contributed by atoms with E-state index in [1.807, 2.05) is 18.2 Å². The maximum atomic E-state index is 13.3. The Morgan fingerprint density at radius 1 is 0.820 bits per heavy atom. The minimum atomic E-state index is -2.26. The van der Waals surface area contributed by atoms with Gasteiger partial charge in [0.25, 0.3) is 0 Å². The van der Waals surface area contributed by atoms with E-state index in [1.165, 1.54) is 24.3 Å². The molecule has 2 fully saturated rings. The van der Waals surface area contributed by atoms with E-state index in [4.69, 9.17) is 28.4 Å². The van der Waals surface area contributed by atoms with E-state index in [1.54, 1.807) is 24.3 Å². The largest absolute Gasteiger partial charge is 0.508 e. The molecule has 0 radical (unpaired) electrons. The smallest absolute Gasteiger partial charge is 0.331 e. The molecule has 4 rings (SSSR count). The average molecular weight is 859 g/mol. The highest BCUT2D eigenvalue weighted by atomic mass is 16.8. The Morgan fingerprint density at radius 2 is 1.48 bits per heavy atom. The number of hydrogen-bond donors (Lipinski definition) is 8. The van der Waals surface area contributed by atoms with E-state index in [9.17, 15) is 50.4 Å². The summed E-state index contributed by atoms with van der Waals surface area (Å²) < 4.78 is 34.7. The van der Waals surface area contributed by atoms with Gasteiger partial charge in [0, 0.05) is 18.2 Å². The first-order valence-electron chi connectivity index (χ1n) is 20.9. The van der Waals surface area contributed by atoms with Crippen LogP contribution < -0.4 is 0 Å². The first-order valence-corrected chi connectivity index (χ1v) is 20.9. The molecule has 0 bridgehead atoms. The van der Waals surface area contributed by atoms with E-state index in [0.29, 0.717) is 0 Å². The minimum Gasteiger partial charge on any atom is -0.508 e. The molecule has 1 aromatic rings. The van der Waals surface area contributed by atoms with Crippen LogP contribution in [0.5, 0.6) is 11.5 Å². The van der Waals surface area contributed by atoms with Gasteiger partial charge in [-0.15, -0.1) is 0 Å². The van der Waals surface area contributed by atoms with Gasteiger partial charge in [-0.05, 0) is 43.7 Å². The molecule has 61 heavy (non-hydrogen) atoms. The van der Waals surface area contributed by atoms with Gasteiger partial charge < -0.3 is 69.3 Å². The van der Waals surface area contributed by atoms with Gasteiger partial charge in [0.15, 0.2) is 18.5 Å². The molecule has 16 nitrogen and oxygen atoms in total. The number of phenols is 2. The molecule has 1 aromatic carbocycles. The number of aliphatic hydroxyl groups is 6. The summed E-state index contributed by atoms with van der Waals surface area (Å²) in [5.41, 5.74) is 0.116. The lowest BCUT2D eigenvalue weighted by Crippen LogP contribution is -2.67. The highest BCUT2D eigenvalue weighted by Gasteiger charge is 2.63. The lowest BCUT2D eigenvalue weighted by atomic mass is 9.86. The molecular formula is C45H62O16. The van der Waals surface area contributed by atoms with Crippen LogP contribution in [-0.2, 0) is 50.4 Å². The first-order chi connectivity index (χ1) is 29.4. The number of rotatable bonds is 22. The third-order valence-electron chi connectivity index (χ3n) is 10.3. The van der Waals surface area contributed by atoms with Crippen molar-refractivity contribution >= 4 is 11.9 Å². The van der Waals surface area contributed by atoms with Crippen molar-refractivity contribution in [3.8, 4) is 11.5 Å². The number of carbonyl (C=O) groups is 2. The quantitative estimate of drug-likeness (QED) is 0.0360. The highest BCUT2D eigenvalue weighted by molar-refractivity contribution is 5.82. The zero-order valence-electron chi connectivity index (χ0n) is 34.7. The second kappa shape index (κ2) is 25.0. The van der Waals surface area contributed by atoms with E-state index in [2.05, 4.69) is 13.8 Å². The van der Waals surface area contributed by atoms with Crippen molar-refractivity contribution in [1.82, 2.24) is 0 Å². The molecule has 16 heteroatoms. The van der Waals surface area contributed by atoms with Crippen molar-refractivity contribution < 1.29 is 78.9 Å². The maximum Gasteiger partial charge on any atom is 0.331 e. The number of hydrogen-bond acceptors (Lipinski definition) is 16. The Morgan fingerprint density at radius 3 is 2.15 bits per heavy atom. The standard InChI is InChI=1S/C45H62O16/c1-3-5-7-9-11-13-16-20-30(47)21-17-15-19-23-36(51)59-42-41(33(26-46)61-45(43(42)55)37-29(27-57-45)24-31(48)25-32(37)49)60-44-40(54)39(53)38(52)34(58-44)28-56-35(50)22-18-14-12-10-8-6-4-2/h11-20,22-25,30,33-34,38-44,46-49,52-55H,3-10,21,26-28H2,1-2H3/b13-11+,14-12+,17-15+,20-16+,22-18+,23-19+/t30-,33+,34+,38-,39-,40+,41-,42+,43-,44-,45+/m0/s1. The number of phenolic OH excluding ortho intramolecular Hbond substituents is 2. The summed E-state index contributed by atoms with van der Waals surface area (Å²) >= 11 is 0. The van der Waals surface area contributed by atoms with Crippen LogP contribution in [0.4, 0.5) is 0 Å². The predicted molar refractivity (Wildman–Crippen MR) is 220 cm³/mol. The van der Waals surface area contributed by atoms with E-state index in [-0.39, 0.29) is 29.9 Å². The van der Waals surface area contributed by atoms with Crippen LogP contribution in [0.1, 0.15) is 82.8 Å². The van der Waals surface area contributed by atoms with Crippen LogP contribution >= 0.6 is 0 Å². The predicted octanol–water partition coefficient (Wildman–Crippen LogP) is 3.43. The second-order valence-electron chi connectivity index (χ2n) is 15.1. The summed E-state index contributed by atoms with van der Waals surface area (Å²) in [4.78, 5) is 25.7. The average Bonchev–Trinajstić information content (AvgIpc) is 3.60. The van der Waals surface area contributed by atoms with Crippen molar-refractivity contribution in [3.05, 3.63) is 96.2 Å². The number of ether oxygens (including phenoxy) is 6. The van der Waals surface area contributed by atoms with Crippen molar-refractivity contribution in [1.29, 1.82) is 0 Å². The summed E-state index contributed by atoms with van der Waals surface area (Å²) in [5.74, 6) is -4.90. The summed E-state index contributed by atoms with van der Waals surface area (Å²) in [6.45, 7) is 2.50. The number of esters is 2. The number of carbonyl (C=O) groups excluding carboxylic acids is 2. The molecule has 0 amide bonds. The lowest BCUT2D eigenvalue weighted by Gasteiger charge is -2.50. The SMILES string of the molecule is CCCCC/C=C/C=C/C(=O)OC[C@H]1O[C@@H](O[C@@H]2[C@@H](OC(=O)/C=C/C=C/C[C@@H](O)/C=C/C=C/CCCCC)[C@H](O)[C@]3(OCc4cc(O)cc(O)c43)O[C@@H]2CO)[C@H](O)[C@@H](O)[C@H]1O. The van der Waals surface area contributed by atoms with E-state index < -0.39 is 97.9 Å². The molecule has 0 unspecified atom stereocenters. The molecule has 0 saturated carbocycles. The summed E-state index contributed by atoms with van der Waals surface area (Å²) in [5, 5.41) is 86.2. The molecule has 0 aliphatic carbocycles. The number of fused-ring (bicyclic) bond motifs is 2. The number of benzene rings is 1. The van der Waals surface area contributed by atoms with Crippen LogP contribution in [-0.4, -0.2) is 127 Å². The Kier molecular flexibility index (Phi) is 20.3. The number of allylic oxidation sites excluding steroid dienone is 8. The van der Waals surface area contributed by atoms with Gasteiger partial charge in [0.1, 0.15) is 54.7 Å². The van der Waals surface area contributed by atoms with Crippen LogP contribution in [0.2, 0.25) is 0 Å². The zero-order chi connectivity index (χ0) is 44.4. The summed E-state index contributed by atoms with van der Waals surface area (Å²) in [6, 6.07) is 2.26. The number of aliphatic hydroxyl groups excluding tert-OH is 6. The monoisotopic (exact) mass is 858 g/mol. The molecule has 11 atom stereocenters. The summed E-state index contributed by atoms with van der Waals surface area (Å²) in [6.07, 6.45) is 11.0. The number of aromatic hydroxyl groups is 2. The molecule has 338 valence electrons. The van der Waals surface area contributed by atoms with E-state index in [0.717, 1.165) is 69.6 Å². The first kappa shape index (κ1) is 49.5. The summed E-state index contributed by atoms with van der Waals surface area (Å²) in [7, 11) is 0. The van der Waals surface area contributed by atoms with Gasteiger partial charge in [-0.25, -0.2) is 9.59 Å². The van der Waals surface area contributed by atoms with Crippen molar-refractivity contribution in [2.45, 2.75) is 145 Å². The molecule has 8 N–H and O–H groups in total. The van der Waals surface area contributed by atoms with Gasteiger partial charge in [-0.2, -0.15) is 0 Å². The third kappa shape index (κ3) is 13.9. The Hall–Kier alpha value is -4.20. The van der Waals surface area contributed by atoms with Crippen molar-refractivity contribution in [2.24, 2.45) is 0 Å². The molecule has 2 saturated heterocycles. The normalized spacial score (nSPS) is 29.9. The molecule has 3 heterocycles. The van der Waals surface area contributed by atoms with Gasteiger partial charge in [0.05, 0.1) is 24.9 Å². The fraction of sp³-hybridized carbons (Fsp3) is 0.556. The molecule has 1 spiro atoms. The minimum absolute atomic E-state index is 0.107.